The molecule has 30 heavy (non-hydrogen) atoms. The van der Waals surface area contributed by atoms with E-state index in [2.05, 4.69) is 0 Å². The second-order valence-electron chi connectivity index (χ2n) is 8.08. The second-order valence-corrected chi connectivity index (χ2v) is 8.08. The van der Waals surface area contributed by atoms with Crippen molar-refractivity contribution in [1.82, 2.24) is 4.90 Å². The summed E-state index contributed by atoms with van der Waals surface area (Å²) in [5, 5.41) is 0. The van der Waals surface area contributed by atoms with Crippen LogP contribution >= 0.6 is 0 Å². The number of fused-ring (bicyclic) bond motifs is 2. The van der Waals surface area contributed by atoms with E-state index in [4.69, 9.17) is 4.74 Å². The van der Waals surface area contributed by atoms with E-state index in [0.717, 1.165) is 30.4 Å². The first-order chi connectivity index (χ1) is 14.3. The third-order valence-electron chi connectivity index (χ3n) is 5.83. The van der Waals surface area contributed by atoms with Gasteiger partial charge in [-0.2, -0.15) is 13.2 Å². The van der Waals surface area contributed by atoms with Gasteiger partial charge in [-0.25, -0.2) is 4.79 Å². The number of halogens is 3. The van der Waals surface area contributed by atoms with Gasteiger partial charge < -0.3 is 4.74 Å². The van der Waals surface area contributed by atoms with Crippen molar-refractivity contribution in [2.24, 2.45) is 0 Å². The molecule has 2 bridgehead atoms. The maximum atomic E-state index is 13.2. The Hall–Kier alpha value is -2.76. The van der Waals surface area contributed by atoms with Crippen LogP contribution < -0.4 is 0 Å². The quantitative estimate of drug-likeness (QED) is 0.584. The van der Waals surface area contributed by atoms with Crippen LogP contribution in [0.15, 0.2) is 54.6 Å². The Kier molecular flexibility index (Phi) is 5.58. The third kappa shape index (κ3) is 4.37. The van der Waals surface area contributed by atoms with Gasteiger partial charge in [0.1, 0.15) is 6.61 Å². The van der Waals surface area contributed by atoms with Crippen LogP contribution in [0.3, 0.4) is 0 Å². The first-order valence-corrected chi connectivity index (χ1v) is 10.2. The van der Waals surface area contributed by atoms with Gasteiger partial charge in [-0.05, 0) is 67.0 Å². The zero-order valence-corrected chi connectivity index (χ0v) is 16.8. The number of nitrogens with zero attached hydrogens (tertiary/aromatic N) is 1. The molecule has 0 aliphatic carbocycles. The minimum absolute atomic E-state index is 0.0538. The molecule has 0 saturated carbocycles. The van der Waals surface area contributed by atoms with Crippen LogP contribution in [0.25, 0.3) is 5.57 Å². The zero-order chi connectivity index (χ0) is 21.3. The predicted octanol–water partition coefficient (Wildman–Crippen LogP) is 6.36. The number of benzene rings is 2. The van der Waals surface area contributed by atoms with Crippen molar-refractivity contribution >= 4 is 11.7 Å². The number of aryl methyl sites for hydroxylation is 1. The fourth-order valence-electron chi connectivity index (χ4n) is 4.45. The first kappa shape index (κ1) is 20.5. The van der Waals surface area contributed by atoms with E-state index in [9.17, 15) is 18.0 Å². The Bertz CT molecular complexity index is 953. The van der Waals surface area contributed by atoms with Gasteiger partial charge in [0.2, 0.25) is 0 Å². The number of rotatable bonds is 3. The van der Waals surface area contributed by atoms with Crippen LogP contribution in [0.1, 0.15) is 47.9 Å². The fourth-order valence-corrected chi connectivity index (χ4v) is 4.45. The van der Waals surface area contributed by atoms with Gasteiger partial charge in [0.15, 0.2) is 0 Å². The lowest BCUT2D eigenvalue weighted by atomic mass is 9.82. The molecular weight excluding hydrogens is 391 g/mol. The standard InChI is InChI=1S/C24H24F3NO2/c1-16-10-18(12-20(11-16)24(25,26)27)19-13-21-8-5-9-22(14-19)28(21)23(29)30-15-17-6-3-2-4-7-17/h2-4,6-7,10-13,21-22H,5,8-9,14-15H2,1H3. The molecule has 2 aliphatic rings. The largest absolute Gasteiger partial charge is 0.445 e. The molecular formula is C24H24F3NO2. The normalized spacial score (nSPS) is 21.2. The molecule has 2 atom stereocenters. The van der Waals surface area contributed by atoms with Gasteiger partial charge >= 0.3 is 12.3 Å². The molecule has 0 aromatic heterocycles. The van der Waals surface area contributed by atoms with Crippen molar-refractivity contribution < 1.29 is 22.7 Å². The van der Waals surface area contributed by atoms with Crippen LogP contribution in [0, 0.1) is 6.92 Å². The summed E-state index contributed by atoms with van der Waals surface area (Å²) in [6, 6.07) is 13.5. The molecule has 1 amide bonds. The first-order valence-electron chi connectivity index (χ1n) is 10.2. The molecule has 0 N–H and O–H groups in total. The number of piperidine rings is 1. The molecule has 1 fully saturated rings. The van der Waals surface area contributed by atoms with Crippen molar-refractivity contribution in [3.63, 3.8) is 0 Å². The van der Waals surface area contributed by atoms with E-state index < -0.39 is 11.7 Å². The summed E-state index contributed by atoms with van der Waals surface area (Å²) in [4.78, 5) is 14.6. The maximum Gasteiger partial charge on any atom is 0.416 e. The van der Waals surface area contributed by atoms with Crippen LogP contribution in [-0.2, 0) is 17.5 Å². The maximum absolute atomic E-state index is 13.2. The lowest BCUT2D eigenvalue weighted by Gasteiger charge is -2.44. The van der Waals surface area contributed by atoms with Crippen molar-refractivity contribution in [3.8, 4) is 0 Å². The number of hydrogen-bond acceptors (Lipinski definition) is 2. The molecule has 2 heterocycles. The summed E-state index contributed by atoms with van der Waals surface area (Å²) in [6.45, 7) is 1.88. The number of amides is 1. The topological polar surface area (TPSA) is 29.5 Å². The predicted molar refractivity (Wildman–Crippen MR) is 109 cm³/mol. The summed E-state index contributed by atoms with van der Waals surface area (Å²) in [6.07, 6.45) is 0.364. The van der Waals surface area contributed by atoms with Crippen LogP contribution in [-0.4, -0.2) is 23.1 Å². The summed E-state index contributed by atoms with van der Waals surface area (Å²) in [5.74, 6) is 0. The van der Waals surface area contributed by atoms with Gasteiger partial charge in [0.05, 0.1) is 11.6 Å². The van der Waals surface area contributed by atoms with Gasteiger partial charge in [0, 0.05) is 6.04 Å². The molecule has 3 nitrogen and oxygen atoms in total. The Labute approximate surface area is 174 Å². The Balaban J connectivity index is 1.55. The highest BCUT2D eigenvalue weighted by Crippen LogP contribution is 2.39. The molecule has 1 saturated heterocycles. The Morgan fingerprint density at radius 2 is 1.90 bits per heavy atom. The molecule has 158 valence electrons. The van der Waals surface area contributed by atoms with Crippen molar-refractivity contribution in [3.05, 3.63) is 76.9 Å². The summed E-state index contributed by atoms with van der Waals surface area (Å²) in [5.41, 5.74) is 2.34. The molecule has 2 aromatic rings. The molecule has 0 radical (unpaired) electrons. The van der Waals surface area contributed by atoms with Crippen molar-refractivity contribution in [2.75, 3.05) is 0 Å². The molecule has 2 unspecified atom stereocenters. The van der Waals surface area contributed by atoms with E-state index >= 15 is 0 Å². The zero-order valence-electron chi connectivity index (χ0n) is 16.8. The van der Waals surface area contributed by atoms with Gasteiger partial charge in [-0.1, -0.05) is 42.5 Å². The fraction of sp³-hybridized carbons (Fsp3) is 0.375. The number of alkyl halides is 3. The minimum Gasteiger partial charge on any atom is -0.445 e. The van der Waals surface area contributed by atoms with E-state index in [1.807, 2.05) is 36.4 Å². The molecule has 0 spiro atoms. The van der Waals surface area contributed by atoms with Gasteiger partial charge in [-0.3, -0.25) is 4.90 Å². The number of hydrogen-bond donors (Lipinski definition) is 0. The van der Waals surface area contributed by atoms with Crippen molar-refractivity contribution in [1.29, 1.82) is 0 Å². The minimum atomic E-state index is -4.38. The van der Waals surface area contributed by atoms with E-state index in [-0.39, 0.29) is 24.8 Å². The highest BCUT2D eigenvalue weighted by molar-refractivity contribution is 5.75. The van der Waals surface area contributed by atoms with Gasteiger partial charge in [-0.15, -0.1) is 0 Å². The molecule has 2 aliphatic heterocycles. The third-order valence-corrected chi connectivity index (χ3v) is 5.83. The average Bonchev–Trinajstić information content (AvgIpc) is 2.70. The Morgan fingerprint density at radius 3 is 2.60 bits per heavy atom. The lowest BCUT2D eigenvalue weighted by molar-refractivity contribution is -0.137. The Morgan fingerprint density at radius 1 is 1.13 bits per heavy atom. The number of ether oxygens (including phenoxy) is 1. The monoisotopic (exact) mass is 415 g/mol. The summed E-state index contributed by atoms with van der Waals surface area (Å²) < 4.78 is 45.3. The van der Waals surface area contributed by atoms with Gasteiger partial charge in [0.25, 0.3) is 0 Å². The SMILES string of the molecule is Cc1cc(C2=CC3CCCC(C2)N3C(=O)OCc2ccccc2)cc(C(F)(F)F)c1. The van der Waals surface area contributed by atoms with E-state index in [1.54, 1.807) is 17.9 Å². The molecule has 4 rings (SSSR count). The number of carbonyl (C=O) groups is 1. The second kappa shape index (κ2) is 8.17. The molecule has 2 aromatic carbocycles. The average molecular weight is 415 g/mol. The summed E-state index contributed by atoms with van der Waals surface area (Å²) >= 11 is 0. The van der Waals surface area contributed by atoms with Crippen molar-refractivity contribution in [2.45, 2.75) is 57.5 Å². The smallest absolute Gasteiger partial charge is 0.416 e. The molecule has 6 heteroatoms. The van der Waals surface area contributed by atoms with E-state index in [1.165, 1.54) is 12.1 Å². The van der Waals surface area contributed by atoms with Crippen LogP contribution in [0.4, 0.5) is 18.0 Å². The van der Waals surface area contributed by atoms with Crippen LogP contribution in [0.5, 0.6) is 0 Å². The van der Waals surface area contributed by atoms with E-state index in [0.29, 0.717) is 17.5 Å². The number of carbonyl (C=O) groups excluding carboxylic acids is 1. The summed E-state index contributed by atoms with van der Waals surface area (Å²) in [7, 11) is 0. The highest BCUT2D eigenvalue weighted by Gasteiger charge is 2.39. The highest BCUT2D eigenvalue weighted by atomic mass is 19.4. The van der Waals surface area contributed by atoms with Crippen LogP contribution in [0.2, 0.25) is 0 Å². The lowest BCUT2D eigenvalue weighted by Crippen LogP contribution is -2.51.